The van der Waals surface area contributed by atoms with Gasteiger partial charge < -0.3 is 14.9 Å². The van der Waals surface area contributed by atoms with Crippen LogP contribution in [0.3, 0.4) is 0 Å². The molecule has 0 atom stereocenters. The molecule has 1 aromatic heterocycles. The van der Waals surface area contributed by atoms with Crippen molar-refractivity contribution in [3.8, 4) is 0 Å². The summed E-state index contributed by atoms with van der Waals surface area (Å²) in [5.74, 6) is 2.03. The molecule has 1 fully saturated rings. The van der Waals surface area contributed by atoms with Crippen LogP contribution in [-0.2, 0) is 6.42 Å². The van der Waals surface area contributed by atoms with Crippen LogP contribution in [0.15, 0.2) is 4.52 Å². The first-order chi connectivity index (χ1) is 7.90. The number of aliphatic hydroxyl groups excluding tert-OH is 1. The molecule has 90 valence electrons. The second-order valence-electron chi connectivity index (χ2n) is 4.25. The predicted octanol–water partition coefficient (Wildman–Crippen LogP) is 0.852. The lowest BCUT2D eigenvalue weighted by atomic mass is 9.98. The zero-order valence-electron chi connectivity index (χ0n) is 9.48. The van der Waals surface area contributed by atoms with E-state index in [4.69, 9.17) is 9.63 Å². The normalized spacial score (nSPS) is 17.8. The summed E-state index contributed by atoms with van der Waals surface area (Å²) in [5.41, 5.74) is 0. The Hall–Kier alpha value is -0.940. The van der Waals surface area contributed by atoms with E-state index in [0.29, 0.717) is 11.8 Å². The zero-order chi connectivity index (χ0) is 11.2. The molecule has 2 heterocycles. The van der Waals surface area contributed by atoms with Gasteiger partial charge in [0.05, 0.1) is 0 Å². The van der Waals surface area contributed by atoms with Crippen molar-refractivity contribution in [2.45, 2.75) is 38.0 Å². The number of aromatic nitrogens is 2. The number of aliphatic hydroxyl groups is 1. The maximum atomic E-state index is 8.68. The van der Waals surface area contributed by atoms with E-state index >= 15 is 0 Å². The van der Waals surface area contributed by atoms with Gasteiger partial charge in [-0.25, -0.2) is 0 Å². The molecular weight excluding hydrogens is 206 g/mol. The Balaban J connectivity index is 1.85. The average Bonchev–Trinajstić information content (AvgIpc) is 2.79. The molecule has 16 heavy (non-hydrogen) atoms. The summed E-state index contributed by atoms with van der Waals surface area (Å²) in [7, 11) is 0. The van der Waals surface area contributed by atoms with Gasteiger partial charge in [0, 0.05) is 18.9 Å². The Labute approximate surface area is 95.2 Å². The lowest BCUT2D eigenvalue weighted by molar-refractivity contribution is 0.280. The van der Waals surface area contributed by atoms with E-state index in [9.17, 15) is 0 Å². The molecule has 0 aromatic carbocycles. The van der Waals surface area contributed by atoms with Crippen molar-refractivity contribution >= 4 is 0 Å². The van der Waals surface area contributed by atoms with Crippen molar-refractivity contribution in [3.63, 3.8) is 0 Å². The quantitative estimate of drug-likeness (QED) is 0.727. The predicted molar refractivity (Wildman–Crippen MR) is 59.2 cm³/mol. The van der Waals surface area contributed by atoms with Gasteiger partial charge in [-0.1, -0.05) is 5.16 Å². The van der Waals surface area contributed by atoms with Crippen LogP contribution in [0.5, 0.6) is 0 Å². The Morgan fingerprint density at radius 1 is 1.31 bits per heavy atom. The first-order valence-electron chi connectivity index (χ1n) is 6.04. The highest BCUT2D eigenvalue weighted by Crippen LogP contribution is 2.22. The van der Waals surface area contributed by atoms with Gasteiger partial charge in [0.1, 0.15) is 0 Å². The molecule has 5 nitrogen and oxygen atoms in total. The van der Waals surface area contributed by atoms with Crippen LogP contribution in [0.2, 0.25) is 0 Å². The van der Waals surface area contributed by atoms with Gasteiger partial charge in [0.2, 0.25) is 5.89 Å². The van der Waals surface area contributed by atoms with E-state index in [0.717, 1.165) is 51.0 Å². The van der Waals surface area contributed by atoms with Gasteiger partial charge in [0.25, 0.3) is 0 Å². The van der Waals surface area contributed by atoms with Crippen molar-refractivity contribution in [3.05, 3.63) is 11.7 Å². The lowest BCUT2D eigenvalue weighted by Gasteiger charge is -2.18. The zero-order valence-corrected chi connectivity index (χ0v) is 9.48. The highest BCUT2D eigenvalue weighted by molar-refractivity contribution is 4.97. The number of unbranched alkanes of at least 4 members (excludes halogenated alkanes) is 1. The van der Waals surface area contributed by atoms with Gasteiger partial charge in [-0.3, -0.25) is 0 Å². The van der Waals surface area contributed by atoms with Crippen molar-refractivity contribution in [1.29, 1.82) is 0 Å². The number of rotatable bonds is 5. The van der Waals surface area contributed by atoms with Crippen molar-refractivity contribution in [1.82, 2.24) is 15.5 Å². The van der Waals surface area contributed by atoms with Crippen molar-refractivity contribution in [2.75, 3.05) is 19.7 Å². The van der Waals surface area contributed by atoms with Crippen LogP contribution in [0, 0.1) is 0 Å². The number of hydrogen-bond acceptors (Lipinski definition) is 5. The molecule has 0 aliphatic carbocycles. The number of nitrogens with one attached hydrogen (secondary N) is 1. The SMILES string of the molecule is OCCCCc1nc(C2CCNCC2)no1. The largest absolute Gasteiger partial charge is 0.396 e. The number of hydrogen-bond donors (Lipinski definition) is 2. The van der Waals surface area contributed by atoms with Crippen LogP contribution < -0.4 is 5.32 Å². The minimum Gasteiger partial charge on any atom is -0.396 e. The standard InChI is InChI=1S/C11H19N3O2/c15-8-2-1-3-10-13-11(14-16-10)9-4-6-12-7-5-9/h9,12,15H,1-8H2. The molecule has 0 saturated carbocycles. The van der Waals surface area contributed by atoms with Crippen LogP contribution in [0.25, 0.3) is 0 Å². The third kappa shape index (κ3) is 3.02. The van der Waals surface area contributed by atoms with Crippen LogP contribution in [-0.4, -0.2) is 34.9 Å². The fraction of sp³-hybridized carbons (Fsp3) is 0.818. The molecular formula is C11H19N3O2. The smallest absolute Gasteiger partial charge is 0.226 e. The van der Waals surface area contributed by atoms with E-state index in [1.165, 1.54) is 0 Å². The van der Waals surface area contributed by atoms with Crippen LogP contribution in [0.1, 0.15) is 43.3 Å². The molecule has 0 bridgehead atoms. The third-order valence-corrected chi connectivity index (χ3v) is 2.99. The van der Waals surface area contributed by atoms with E-state index in [1.807, 2.05) is 0 Å². The van der Waals surface area contributed by atoms with Gasteiger partial charge in [0.15, 0.2) is 5.82 Å². The molecule has 0 spiro atoms. The van der Waals surface area contributed by atoms with E-state index in [2.05, 4.69) is 15.5 Å². The van der Waals surface area contributed by atoms with Crippen molar-refractivity contribution < 1.29 is 9.63 Å². The Kier molecular flexibility index (Phi) is 4.30. The second-order valence-corrected chi connectivity index (χ2v) is 4.25. The minimum absolute atomic E-state index is 0.231. The van der Waals surface area contributed by atoms with Gasteiger partial charge in [-0.2, -0.15) is 4.98 Å². The second kappa shape index (κ2) is 5.96. The molecule has 1 saturated heterocycles. The van der Waals surface area contributed by atoms with Crippen molar-refractivity contribution in [2.24, 2.45) is 0 Å². The fourth-order valence-electron chi connectivity index (χ4n) is 2.00. The number of piperidine rings is 1. The molecule has 2 N–H and O–H groups in total. The summed E-state index contributed by atoms with van der Waals surface area (Å²) in [5, 5.41) is 16.0. The molecule has 1 aliphatic rings. The summed E-state index contributed by atoms with van der Waals surface area (Å²) in [4.78, 5) is 4.42. The van der Waals surface area contributed by atoms with E-state index in [-0.39, 0.29) is 6.61 Å². The van der Waals surface area contributed by atoms with E-state index < -0.39 is 0 Å². The first kappa shape index (κ1) is 11.5. The Morgan fingerprint density at radius 2 is 2.12 bits per heavy atom. The molecule has 0 amide bonds. The summed E-state index contributed by atoms with van der Waals surface area (Å²) in [6.45, 7) is 2.31. The highest BCUT2D eigenvalue weighted by Gasteiger charge is 2.20. The molecule has 0 radical (unpaired) electrons. The summed E-state index contributed by atoms with van der Waals surface area (Å²) >= 11 is 0. The Morgan fingerprint density at radius 3 is 2.88 bits per heavy atom. The molecule has 1 aromatic rings. The molecule has 0 unspecified atom stereocenters. The fourth-order valence-corrected chi connectivity index (χ4v) is 2.00. The summed E-state index contributed by atoms with van der Waals surface area (Å²) < 4.78 is 5.20. The highest BCUT2D eigenvalue weighted by atomic mass is 16.5. The maximum Gasteiger partial charge on any atom is 0.226 e. The van der Waals surface area contributed by atoms with Crippen LogP contribution >= 0.6 is 0 Å². The average molecular weight is 225 g/mol. The lowest BCUT2D eigenvalue weighted by Crippen LogP contribution is -2.27. The molecule has 1 aliphatic heterocycles. The minimum atomic E-state index is 0.231. The van der Waals surface area contributed by atoms with Crippen LogP contribution in [0.4, 0.5) is 0 Å². The topological polar surface area (TPSA) is 71.2 Å². The maximum absolute atomic E-state index is 8.68. The van der Waals surface area contributed by atoms with Gasteiger partial charge >= 0.3 is 0 Å². The summed E-state index contributed by atoms with van der Waals surface area (Å²) in [6.07, 6.45) is 4.67. The molecule has 2 rings (SSSR count). The molecule has 5 heteroatoms. The monoisotopic (exact) mass is 225 g/mol. The number of aryl methyl sites for hydroxylation is 1. The first-order valence-corrected chi connectivity index (χ1v) is 6.04. The summed E-state index contributed by atoms with van der Waals surface area (Å²) in [6, 6.07) is 0. The van der Waals surface area contributed by atoms with E-state index in [1.54, 1.807) is 0 Å². The number of nitrogens with zero attached hydrogens (tertiary/aromatic N) is 2. The van der Waals surface area contributed by atoms with Gasteiger partial charge in [-0.05, 0) is 38.8 Å². The third-order valence-electron chi connectivity index (χ3n) is 2.99. The Bertz CT molecular complexity index is 308. The van der Waals surface area contributed by atoms with Gasteiger partial charge in [-0.15, -0.1) is 0 Å².